The summed E-state index contributed by atoms with van der Waals surface area (Å²) in [6.07, 6.45) is 8.49. The number of hydrogen-bond acceptors (Lipinski definition) is 2. The predicted molar refractivity (Wildman–Crippen MR) is 80.8 cm³/mol. The van der Waals surface area contributed by atoms with Crippen LogP contribution in [0.4, 0.5) is 0 Å². The first-order valence-electron chi connectivity index (χ1n) is 7.59. The maximum Gasteiger partial charge on any atom is 0.0183 e. The average molecular weight is 257 g/mol. The highest BCUT2D eigenvalue weighted by Crippen LogP contribution is 2.28. The minimum Gasteiger partial charge on any atom is -0.313 e. The fourth-order valence-corrected chi connectivity index (χ4v) is 4.08. The van der Waals surface area contributed by atoms with Crippen LogP contribution in [0.15, 0.2) is 0 Å². The summed E-state index contributed by atoms with van der Waals surface area (Å²) in [6.45, 7) is 8.14. The van der Waals surface area contributed by atoms with Gasteiger partial charge in [0.2, 0.25) is 0 Å². The van der Waals surface area contributed by atoms with Crippen molar-refractivity contribution in [3.63, 3.8) is 0 Å². The van der Waals surface area contributed by atoms with Gasteiger partial charge in [0.15, 0.2) is 0 Å². The summed E-state index contributed by atoms with van der Waals surface area (Å²) in [7, 11) is 0. The van der Waals surface area contributed by atoms with E-state index in [4.69, 9.17) is 0 Å². The third kappa shape index (κ3) is 6.15. The molecule has 1 saturated carbocycles. The quantitative estimate of drug-likeness (QED) is 0.660. The molecule has 1 aliphatic rings. The molecule has 1 aliphatic carbocycles. The molecule has 0 heterocycles. The molecule has 17 heavy (non-hydrogen) atoms. The molecule has 1 fully saturated rings. The number of hydrogen-bond donors (Lipinski definition) is 1. The Bertz CT molecular complexity index is 178. The highest BCUT2D eigenvalue weighted by atomic mass is 32.2. The van der Waals surface area contributed by atoms with E-state index in [1.165, 1.54) is 56.6 Å². The van der Waals surface area contributed by atoms with Crippen molar-refractivity contribution in [1.29, 1.82) is 0 Å². The van der Waals surface area contributed by atoms with Gasteiger partial charge in [-0.15, -0.1) is 0 Å². The molecule has 1 N–H and O–H groups in total. The number of nitrogens with one attached hydrogen (secondary N) is 1. The Morgan fingerprint density at radius 1 is 1.24 bits per heavy atom. The van der Waals surface area contributed by atoms with Gasteiger partial charge in [-0.05, 0) is 43.4 Å². The van der Waals surface area contributed by atoms with Crippen molar-refractivity contribution in [2.45, 2.75) is 65.3 Å². The molecule has 1 nitrogen and oxygen atoms in total. The second-order valence-electron chi connectivity index (χ2n) is 5.63. The zero-order valence-corrected chi connectivity index (χ0v) is 12.8. The van der Waals surface area contributed by atoms with E-state index < -0.39 is 0 Å². The van der Waals surface area contributed by atoms with Gasteiger partial charge in [-0.2, -0.15) is 11.8 Å². The summed E-state index contributed by atoms with van der Waals surface area (Å²) in [4.78, 5) is 0. The second-order valence-corrected chi connectivity index (χ2v) is 6.71. The van der Waals surface area contributed by atoms with Gasteiger partial charge in [-0.1, -0.05) is 40.0 Å². The van der Waals surface area contributed by atoms with Crippen molar-refractivity contribution in [1.82, 2.24) is 5.32 Å². The average Bonchev–Trinajstić information content (AvgIpc) is 2.85. The molecule has 2 unspecified atom stereocenters. The first kappa shape index (κ1) is 15.4. The molecule has 0 bridgehead atoms. The van der Waals surface area contributed by atoms with Gasteiger partial charge in [0.25, 0.3) is 0 Å². The number of thioether (sulfide) groups is 1. The van der Waals surface area contributed by atoms with Gasteiger partial charge < -0.3 is 5.32 Å². The Morgan fingerprint density at radius 2 is 1.94 bits per heavy atom. The largest absolute Gasteiger partial charge is 0.313 e. The van der Waals surface area contributed by atoms with Gasteiger partial charge in [-0.25, -0.2) is 0 Å². The van der Waals surface area contributed by atoms with Crippen LogP contribution in [0.1, 0.15) is 59.3 Å². The third-order valence-corrected chi connectivity index (χ3v) is 5.41. The van der Waals surface area contributed by atoms with Gasteiger partial charge in [0.1, 0.15) is 0 Å². The SMILES string of the molecule is CCCNC(CSCC1CCCC1)C(C)CC. The molecule has 0 saturated heterocycles. The van der Waals surface area contributed by atoms with Crippen molar-refractivity contribution >= 4 is 11.8 Å². The summed E-state index contributed by atoms with van der Waals surface area (Å²) in [5, 5.41) is 3.72. The maximum absolute atomic E-state index is 3.72. The molecule has 0 spiro atoms. The van der Waals surface area contributed by atoms with Crippen LogP contribution in [0, 0.1) is 11.8 Å². The highest BCUT2D eigenvalue weighted by molar-refractivity contribution is 7.99. The molecule has 102 valence electrons. The monoisotopic (exact) mass is 257 g/mol. The fraction of sp³-hybridized carbons (Fsp3) is 1.00. The van der Waals surface area contributed by atoms with Crippen LogP contribution >= 0.6 is 11.8 Å². The Kier molecular flexibility index (Phi) is 8.38. The van der Waals surface area contributed by atoms with E-state index in [1.54, 1.807) is 0 Å². The summed E-state index contributed by atoms with van der Waals surface area (Å²) in [5.74, 6) is 4.56. The first-order valence-corrected chi connectivity index (χ1v) is 8.74. The van der Waals surface area contributed by atoms with E-state index in [-0.39, 0.29) is 0 Å². The van der Waals surface area contributed by atoms with Crippen molar-refractivity contribution in [2.24, 2.45) is 11.8 Å². The van der Waals surface area contributed by atoms with Crippen LogP contribution in [0.2, 0.25) is 0 Å². The Balaban J connectivity index is 2.17. The molecule has 0 radical (unpaired) electrons. The van der Waals surface area contributed by atoms with E-state index in [9.17, 15) is 0 Å². The first-order chi connectivity index (χ1) is 8.27. The standard InChI is InChI=1S/C15H31NS/c1-4-10-16-15(13(3)5-2)12-17-11-14-8-6-7-9-14/h13-16H,4-12H2,1-3H3. The predicted octanol–water partition coefficient (Wildman–Crippen LogP) is 4.32. The fourth-order valence-electron chi connectivity index (χ4n) is 2.58. The van der Waals surface area contributed by atoms with E-state index in [0.29, 0.717) is 0 Å². The molecule has 0 aromatic rings. The molecule has 0 amide bonds. The van der Waals surface area contributed by atoms with E-state index in [2.05, 4.69) is 37.8 Å². The minimum absolute atomic E-state index is 0.728. The molecular weight excluding hydrogens is 226 g/mol. The lowest BCUT2D eigenvalue weighted by Crippen LogP contribution is -2.37. The topological polar surface area (TPSA) is 12.0 Å². The Hall–Kier alpha value is 0.310. The Labute approximate surface area is 113 Å². The lowest BCUT2D eigenvalue weighted by atomic mass is 10.0. The highest BCUT2D eigenvalue weighted by Gasteiger charge is 2.18. The summed E-state index contributed by atoms with van der Waals surface area (Å²) >= 11 is 2.19. The van der Waals surface area contributed by atoms with Crippen LogP contribution in [0.25, 0.3) is 0 Å². The zero-order valence-electron chi connectivity index (χ0n) is 12.0. The lowest BCUT2D eigenvalue weighted by molar-refractivity contribution is 0.396. The summed E-state index contributed by atoms with van der Waals surface area (Å²) < 4.78 is 0. The van der Waals surface area contributed by atoms with Crippen LogP contribution in [0.5, 0.6) is 0 Å². The van der Waals surface area contributed by atoms with Crippen molar-refractivity contribution in [3.8, 4) is 0 Å². The molecule has 0 aliphatic heterocycles. The smallest absolute Gasteiger partial charge is 0.0183 e. The molecular formula is C15H31NS. The molecule has 0 aromatic heterocycles. The zero-order chi connectivity index (χ0) is 12.5. The van der Waals surface area contributed by atoms with Crippen LogP contribution in [-0.2, 0) is 0 Å². The van der Waals surface area contributed by atoms with E-state index in [0.717, 1.165) is 17.9 Å². The maximum atomic E-state index is 3.72. The molecule has 0 aromatic carbocycles. The number of rotatable bonds is 9. The van der Waals surface area contributed by atoms with Gasteiger partial charge >= 0.3 is 0 Å². The van der Waals surface area contributed by atoms with Gasteiger partial charge in [0.05, 0.1) is 0 Å². The second kappa shape index (κ2) is 9.27. The van der Waals surface area contributed by atoms with Crippen molar-refractivity contribution < 1.29 is 0 Å². The molecule has 2 atom stereocenters. The Morgan fingerprint density at radius 3 is 2.53 bits per heavy atom. The minimum atomic E-state index is 0.728. The van der Waals surface area contributed by atoms with Crippen LogP contribution in [0.3, 0.4) is 0 Å². The van der Waals surface area contributed by atoms with Crippen LogP contribution < -0.4 is 5.32 Å². The van der Waals surface area contributed by atoms with E-state index in [1.807, 2.05) is 0 Å². The van der Waals surface area contributed by atoms with Crippen molar-refractivity contribution in [2.75, 3.05) is 18.1 Å². The summed E-state index contributed by atoms with van der Waals surface area (Å²) in [6, 6.07) is 0.728. The van der Waals surface area contributed by atoms with Gasteiger partial charge in [-0.3, -0.25) is 0 Å². The van der Waals surface area contributed by atoms with E-state index >= 15 is 0 Å². The molecule has 2 heteroatoms. The normalized spacial score (nSPS) is 20.6. The lowest BCUT2D eigenvalue weighted by Gasteiger charge is -2.24. The van der Waals surface area contributed by atoms with Crippen LogP contribution in [-0.4, -0.2) is 24.1 Å². The third-order valence-electron chi connectivity index (χ3n) is 4.11. The molecule has 1 rings (SSSR count). The summed E-state index contributed by atoms with van der Waals surface area (Å²) in [5.41, 5.74) is 0. The van der Waals surface area contributed by atoms with Crippen molar-refractivity contribution in [3.05, 3.63) is 0 Å². The van der Waals surface area contributed by atoms with Gasteiger partial charge in [0, 0.05) is 11.8 Å².